The van der Waals surface area contributed by atoms with E-state index in [1.807, 2.05) is 6.07 Å². The summed E-state index contributed by atoms with van der Waals surface area (Å²) in [5.41, 5.74) is 2.13. The van der Waals surface area contributed by atoms with E-state index < -0.39 is 0 Å². The van der Waals surface area contributed by atoms with Gasteiger partial charge in [0.25, 0.3) is 6.47 Å². The molecule has 0 spiro atoms. The topological polar surface area (TPSA) is 55.0 Å². The molecule has 4 nitrogen and oxygen atoms in total. The third-order valence-corrected chi connectivity index (χ3v) is 2.28. The van der Waals surface area contributed by atoms with Crippen LogP contribution in [0.2, 0.25) is 0 Å². The van der Waals surface area contributed by atoms with Crippen LogP contribution in [0.25, 0.3) is 0 Å². The third kappa shape index (κ3) is 4.63. The molecule has 0 aromatic carbocycles. The molecular weight excluding hydrogens is 192 g/mol. The molecule has 1 N–H and O–H groups in total. The van der Waals surface area contributed by atoms with Crippen LogP contribution in [-0.2, 0) is 22.4 Å². The average Bonchev–Trinajstić information content (AvgIpc) is 2.67. The number of aryl methyl sites for hydroxylation is 1. The van der Waals surface area contributed by atoms with Gasteiger partial charge in [-0.25, -0.2) is 0 Å². The molecule has 1 heterocycles. The molecule has 15 heavy (non-hydrogen) atoms. The summed E-state index contributed by atoms with van der Waals surface area (Å²) >= 11 is 0. The Bertz CT molecular complexity index is 284. The molecule has 1 aromatic rings. The Balaban J connectivity index is 2.25. The highest BCUT2D eigenvalue weighted by molar-refractivity contribution is 5.36. The molecular formula is C11H18N2O2. The minimum Gasteiger partial charge on any atom is -0.467 e. The first-order valence-electron chi connectivity index (χ1n) is 5.45. The second-order valence-corrected chi connectivity index (χ2v) is 3.56. The number of rotatable bonds is 8. The van der Waals surface area contributed by atoms with Crippen molar-refractivity contribution < 1.29 is 9.53 Å². The lowest BCUT2D eigenvalue weighted by molar-refractivity contribution is -0.128. The molecule has 1 rings (SSSR count). The van der Waals surface area contributed by atoms with E-state index in [1.54, 1.807) is 0 Å². The molecule has 1 aromatic heterocycles. The zero-order chi connectivity index (χ0) is 10.9. The minimum absolute atomic E-state index is 0.406. The first kappa shape index (κ1) is 11.8. The Kier molecular flexibility index (Phi) is 5.51. The molecule has 0 aliphatic rings. The number of hydrogen-bond donors (Lipinski definition) is 1. The van der Waals surface area contributed by atoms with Gasteiger partial charge < -0.3 is 4.74 Å². The third-order valence-electron chi connectivity index (χ3n) is 2.28. The molecule has 0 atom stereocenters. The summed E-state index contributed by atoms with van der Waals surface area (Å²) in [6, 6.07) is 2.05. The van der Waals surface area contributed by atoms with Gasteiger partial charge in [0.05, 0.1) is 12.3 Å². The number of aromatic nitrogens is 2. The summed E-state index contributed by atoms with van der Waals surface area (Å²) in [5, 5.41) is 7.14. The Labute approximate surface area is 90.0 Å². The van der Waals surface area contributed by atoms with E-state index in [2.05, 4.69) is 21.9 Å². The Morgan fingerprint density at radius 1 is 1.47 bits per heavy atom. The van der Waals surface area contributed by atoms with Crippen LogP contribution in [0.5, 0.6) is 0 Å². The van der Waals surface area contributed by atoms with E-state index in [-0.39, 0.29) is 0 Å². The molecule has 0 saturated heterocycles. The van der Waals surface area contributed by atoms with Gasteiger partial charge in [-0.3, -0.25) is 9.89 Å². The van der Waals surface area contributed by atoms with Crippen molar-refractivity contribution in [1.82, 2.24) is 10.2 Å². The van der Waals surface area contributed by atoms with Crippen LogP contribution in [0, 0.1) is 0 Å². The molecule has 0 amide bonds. The SMILES string of the molecule is CCCCCc1cc(CCOC=O)n[nH]1. The van der Waals surface area contributed by atoms with E-state index in [9.17, 15) is 4.79 Å². The number of aromatic amines is 1. The number of carbonyl (C=O) groups excluding carboxylic acids is 1. The smallest absolute Gasteiger partial charge is 0.293 e. The normalized spacial score (nSPS) is 10.2. The maximum Gasteiger partial charge on any atom is 0.293 e. The molecule has 0 aliphatic heterocycles. The summed E-state index contributed by atoms with van der Waals surface area (Å²) in [7, 11) is 0. The summed E-state index contributed by atoms with van der Waals surface area (Å²) in [6.07, 6.45) is 5.41. The van der Waals surface area contributed by atoms with Crippen LogP contribution in [0.3, 0.4) is 0 Å². The van der Waals surface area contributed by atoms with Gasteiger partial charge in [0.2, 0.25) is 0 Å². The molecule has 0 fully saturated rings. The monoisotopic (exact) mass is 210 g/mol. The average molecular weight is 210 g/mol. The van der Waals surface area contributed by atoms with Crippen molar-refractivity contribution in [1.29, 1.82) is 0 Å². The van der Waals surface area contributed by atoms with Crippen molar-refractivity contribution in [3.63, 3.8) is 0 Å². The molecule has 0 saturated carbocycles. The maximum absolute atomic E-state index is 9.92. The van der Waals surface area contributed by atoms with Crippen molar-refractivity contribution in [2.75, 3.05) is 6.61 Å². The number of H-pyrrole nitrogens is 1. The highest BCUT2D eigenvalue weighted by Crippen LogP contribution is 2.06. The van der Waals surface area contributed by atoms with E-state index >= 15 is 0 Å². The van der Waals surface area contributed by atoms with Crippen molar-refractivity contribution in [3.8, 4) is 0 Å². The zero-order valence-electron chi connectivity index (χ0n) is 9.16. The number of nitrogens with zero attached hydrogens (tertiary/aromatic N) is 1. The molecule has 84 valence electrons. The fourth-order valence-electron chi connectivity index (χ4n) is 1.44. The lowest BCUT2D eigenvalue weighted by Gasteiger charge is -1.94. The van der Waals surface area contributed by atoms with E-state index in [0.29, 0.717) is 19.5 Å². The summed E-state index contributed by atoms with van der Waals surface area (Å²) < 4.78 is 4.61. The first-order valence-corrected chi connectivity index (χ1v) is 5.45. The first-order chi connectivity index (χ1) is 7.36. The van der Waals surface area contributed by atoms with Crippen LogP contribution in [-0.4, -0.2) is 23.3 Å². The molecule has 0 unspecified atom stereocenters. The predicted molar refractivity (Wildman–Crippen MR) is 57.5 cm³/mol. The van der Waals surface area contributed by atoms with Crippen molar-refractivity contribution >= 4 is 6.47 Å². The standard InChI is InChI=1S/C11H18N2O2/c1-2-3-4-5-10-8-11(13-12-10)6-7-15-9-14/h8-9H,2-7H2,1H3,(H,12,13). The number of nitrogens with one attached hydrogen (secondary N) is 1. The van der Waals surface area contributed by atoms with Gasteiger partial charge in [-0.05, 0) is 18.9 Å². The van der Waals surface area contributed by atoms with Crippen molar-refractivity contribution in [3.05, 3.63) is 17.5 Å². The Morgan fingerprint density at radius 2 is 2.33 bits per heavy atom. The summed E-state index contributed by atoms with van der Waals surface area (Å²) in [5.74, 6) is 0. The van der Waals surface area contributed by atoms with Gasteiger partial charge in [-0.1, -0.05) is 19.8 Å². The summed E-state index contributed by atoms with van der Waals surface area (Å²) in [6.45, 7) is 3.06. The van der Waals surface area contributed by atoms with Gasteiger partial charge in [-0.15, -0.1) is 0 Å². The zero-order valence-corrected chi connectivity index (χ0v) is 9.16. The van der Waals surface area contributed by atoms with Gasteiger partial charge in [-0.2, -0.15) is 5.10 Å². The van der Waals surface area contributed by atoms with Crippen LogP contribution in [0.15, 0.2) is 6.07 Å². The lowest BCUT2D eigenvalue weighted by Crippen LogP contribution is -1.96. The van der Waals surface area contributed by atoms with Crippen LogP contribution in [0.1, 0.15) is 37.6 Å². The molecule has 0 aliphatic carbocycles. The minimum atomic E-state index is 0.406. The Hall–Kier alpha value is -1.32. The highest BCUT2D eigenvalue weighted by Gasteiger charge is 2.00. The van der Waals surface area contributed by atoms with Crippen LogP contribution in [0.4, 0.5) is 0 Å². The maximum atomic E-state index is 9.92. The van der Waals surface area contributed by atoms with Gasteiger partial charge in [0.15, 0.2) is 0 Å². The lowest BCUT2D eigenvalue weighted by atomic mass is 10.1. The van der Waals surface area contributed by atoms with Crippen molar-refractivity contribution in [2.24, 2.45) is 0 Å². The van der Waals surface area contributed by atoms with Gasteiger partial charge >= 0.3 is 0 Å². The largest absolute Gasteiger partial charge is 0.467 e. The van der Waals surface area contributed by atoms with E-state index in [1.165, 1.54) is 25.0 Å². The second kappa shape index (κ2) is 7.04. The highest BCUT2D eigenvalue weighted by atomic mass is 16.5. The molecule has 4 heteroatoms. The number of carbonyl (C=O) groups is 1. The number of ether oxygens (including phenoxy) is 1. The fraction of sp³-hybridized carbons (Fsp3) is 0.636. The quantitative estimate of drug-likeness (QED) is 0.526. The number of hydrogen-bond acceptors (Lipinski definition) is 3. The van der Waals surface area contributed by atoms with E-state index in [4.69, 9.17) is 0 Å². The second-order valence-electron chi connectivity index (χ2n) is 3.56. The predicted octanol–water partition coefficient (Wildman–Crippen LogP) is 1.86. The van der Waals surface area contributed by atoms with Gasteiger partial charge in [0, 0.05) is 12.1 Å². The van der Waals surface area contributed by atoms with Crippen LogP contribution < -0.4 is 0 Å². The Morgan fingerprint density at radius 3 is 3.07 bits per heavy atom. The molecule has 0 radical (unpaired) electrons. The summed E-state index contributed by atoms with van der Waals surface area (Å²) in [4.78, 5) is 9.92. The number of unbranched alkanes of at least 4 members (excludes halogenated alkanes) is 2. The van der Waals surface area contributed by atoms with E-state index in [0.717, 1.165) is 12.1 Å². The fourth-order valence-corrected chi connectivity index (χ4v) is 1.44. The molecule has 0 bridgehead atoms. The van der Waals surface area contributed by atoms with Crippen LogP contribution >= 0.6 is 0 Å². The van der Waals surface area contributed by atoms with Gasteiger partial charge in [0.1, 0.15) is 0 Å². The van der Waals surface area contributed by atoms with Crippen molar-refractivity contribution in [2.45, 2.75) is 39.0 Å².